The molecule has 0 radical (unpaired) electrons. The summed E-state index contributed by atoms with van der Waals surface area (Å²) in [6.07, 6.45) is 2.44. The van der Waals surface area contributed by atoms with Gasteiger partial charge >= 0.3 is 0 Å². The molecule has 3 rings (SSSR count). The average Bonchev–Trinajstić information content (AvgIpc) is 2.63. The molecular formula is C20H13N3. The topological polar surface area (TPSA) is 60.5 Å². The summed E-state index contributed by atoms with van der Waals surface area (Å²) in [5.41, 5.74) is 5.10. The van der Waals surface area contributed by atoms with Gasteiger partial charge in [0.15, 0.2) is 0 Å². The van der Waals surface area contributed by atoms with Crippen molar-refractivity contribution < 1.29 is 0 Å². The molecule has 108 valence electrons. The predicted molar refractivity (Wildman–Crippen MR) is 88.4 cm³/mol. The molecule has 1 aromatic heterocycles. The predicted octanol–water partition coefficient (Wildman–Crippen LogP) is 4.08. The number of benzene rings is 2. The molecule has 0 amide bonds. The van der Waals surface area contributed by atoms with Crippen molar-refractivity contribution in [1.82, 2.24) is 4.98 Å². The third-order valence-electron chi connectivity index (χ3n) is 3.67. The molecular weight excluding hydrogens is 282 g/mol. The van der Waals surface area contributed by atoms with Crippen molar-refractivity contribution in [3.63, 3.8) is 0 Å². The molecule has 0 bridgehead atoms. The molecule has 3 aromatic rings. The molecule has 0 aliphatic heterocycles. The molecule has 0 unspecified atom stereocenters. The van der Waals surface area contributed by atoms with E-state index in [4.69, 9.17) is 5.26 Å². The normalized spacial score (nSPS) is 9.83. The van der Waals surface area contributed by atoms with Gasteiger partial charge in [0.2, 0.25) is 0 Å². The van der Waals surface area contributed by atoms with E-state index in [1.165, 1.54) is 0 Å². The van der Waals surface area contributed by atoms with Crippen LogP contribution in [-0.2, 0) is 6.42 Å². The Balaban J connectivity index is 2.01. The largest absolute Gasteiger partial charge is 0.256 e. The standard InChI is InChI=1S/C20H13N3/c21-13-16-9-7-15(8-10-16)12-17-5-3-11-23-20(17)19-6-2-1-4-18(19)14-22/h1-11H,12H2. The number of hydrogen-bond donors (Lipinski definition) is 0. The highest BCUT2D eigenvalue weighted by Gasteiger charge is 2.10. The Morgan fingerprint density at radius 2 is 1.61 bits per heavy atom. The van der Waals surface area contributed by atoms with Gasteiger partial charge in [0.25, 0.3) is 0 Å². The van der Waals surface area contributed by atoms with Gasteiger partial charge in [0.05, 0.1) is 29.0 Å². The van der Waals surface area contributed by atoms with Gasteiger partial charge in [-0.25, -0.2) is 0 Å². The van der Waals surface area contributed by atoms with Crippen molar-refractivity contribution in [1.29, 1.82) is 10.5 Å². The molecule has 0 aliphatic carbocycles. The summed E-state index contributed by atoms with van der Waals surface area (Å²) in [5.74, 6) is 0. The quantitative estimate of drug-likeness (QED) is 0.731. The molecule has 0 saturated carbocycles. The maximum atomic E-state index is 9.31. The van der Waals surface area contributed by atoms with E-state index >= 15 is 0 Å². The number of aromatic nitrogens is 1. The molecule has 2 aromatic carbocycles. The molecule has 0 N–H and O–H groups in total. The van der Waals surface area contributed by atoms with Crippen LogP contribution < -0.4 is 0 Å². The number of hydrogen-bond acceptors (Lipinski definition) is 3. The minimum absolute atomic E-state index is 0.618. The van der Waals surface area contributed by atoms with Crippen LogP contribution >= 0.6 is 0 Å². The van der Waals surface area contributed by atoms with Gasteiger partial charge < -0.3 is 0 Å². The van der Waals surface area contributed by atoms with E-state index in [-0.39, 0.29) is 0 Å². The Morgan fingerprint density at radius 3 is 2.35 bits per heavy atom. The van der Waals surface area contributed by atoms with Gasteiger partial charge in [0.1, 0.15) is 0 Å². The zero-order valence-corrected chi connectivity index (χ0v) is 12.4. The summed E-state index contributed by atoms with van der Waals surface area (Å²) in [7, 11) is 0. The smallest absolute Gasteiger partial charge is 0.0998 e. The lowest BCUT2D eigenvalue weighted by atomic mass is 9.96. The maximum absolute atomic E-state index is 9.31. The van der Waals surface area contributed by atoms with Gasteiger partial charge in [-0.05, 0) is 41.8 Å². The lowest BCUT2D eigenvalue weighted by Crippen LogP contribution is -1.96. The van der Waals surface area contributed by atoms with E-state index in [9.17, 15) is 5.26 Å². The van der Waals surface area contributed by atoms with E-state index < -0.39 is 0 Å². The maximum Gasteiger partial charge on any atom is 0.0998 e. The number of pyridine rings is 1. The Bertz CT molecular complexity index is 913. The molecule has 1 heterocycles. The van der Waals surface area contributed by atoms with Crippen molar-refractivity contribution in [2.75, 3.05) is 0 Å². The molecule has 0 saturated heterocycles. The van der Waals surface area contributed by atoms with Crippen LogP contribution in [-0.4, -0.2) is 4.98 Å². The summed E-state index contributed by atoms with van der Waals surface area (Å²) in [5, 5.41) is 18.2. The van der Waals surface area contributed by atoms with Gasteiger partial charge in [-0.2, -0.15) is 10.5 Å². The van der Waals surface area contributed by atoms with E-state index in [1.807, 2.05) is 54.6 Å². The second-order valence-corrected chi connectivity index (χ2v) is 5.15. The Kier molecular flexibility index (Phi) is 4.13. The Hall–Kier alpha value is -3.43. The van der Waals surface area contributed by atoms with Gasteiger partial charge in [-0.15, -0.1) is 0 Å². The van der Waals surface area contributed by atoms with Crippen LogP contribution in [0.25, 0.3) is 11.3 Å². The summed E-state index contributed by atoms with van der Waals surface area (Å²) >= 11 is 0. The van der Waals surface area contributed by atoms with Crippen LogP contribution in [0.1, 0.15) is 22.3 Å². The lowest BCUT2D eigenvalue weighted by molar-refractivity contribution is 1.15. The van der Waals surface area contributed by atoms with Gasteiger partial charge in [-0.1, -0.05) is 36.4 Å². The molecule has 0 fully saturated rings. The Morgan fingerprint density at radius 1 is 0.826 bits per heavy atom. The van der Waals surface area contributed by atoms with Crippen LogP contribution in [0, 0.1) is 22.7 Å². The minimum atomic E-state index is 0.618. The second kappa shape index (κ2) is 6.56. The van der Waals surface area contributed by atoms with E-state index in [0.717, 1.165) is 22.4 Å². The third kappa shape index (κ3) is 3.10. The van der Waals surface area contributed by atoms with Crippen LogP contribution in [0.15, 0.2) is 66.9 Å². The zero-order valence-electron chi connectivity index (χ0n) is 12.4. The monoisotopic (exact) mass is 295 g/mol. The van der Waals surface area contributed by atoms with E-state index in [2.05, 4.69) is 17.1 Å². The first-order valence-corrected chi connectivity index (χ1v) is 7.24. The highest BCUT2D eigenvalue weighted by molar-refractivity contribution is 5.70. The molecule has 0 atom stereocenters. The SMILES string of the molecule is N#Cc1ccc(Cc2cccnc2-c2ccccc2C#N)cc1. The van der Waals surface area contributed by atoms with Crippen molar-refractivity contribution in [3.05, 3.63) is 89.1 Å². The van der Waals surface area contributed by atoms with Gasteiger partial charge in [0, 0.05) is 11.8 Å². The summed E-state index contributed by atoms with van der Waals surface area (Å²) < 4.78 is 0. The molecule has 0 aliphatic rings. The van der Waals surface area contributed by atoms with Crippen LogP contribution in [0.5, 0.6) is 0 Å². The molecule has 3 nitrogen and oxygen atoms in total. The lowest BCUT2D eigenvalue weighted by Gasteiger charge is -2.10. The van der Waals surface area contributed by atoms with Crippen molar-refractivity contribution in [3.8, 4) is 23.4 Å². The number of rotatable bonds is 3. The van der Waals surface area contributed by atoms with Crippen LogP contribution in [0.4, 0.5) is 0 Å². The fraction of sp³-hybridized carbons (Fsp3) is 0.0500. The Labute approximate surface area is 135 Å². The van der Waals surface area contributed by atoms with Crippen LogP contribution in [0.3, 0.4) is 0 Å². The molecule has 3 heteroatoms. The second-order valence-electron chi connectivity index (χ2n) is 5.15. The summed E-state index contributed by atoms with van der Waals surface area (Å²) in [6, 6.07) is 23.3. The first-order valence-electron chi connectivity index (χ1n) is 7.24. The number of nitriles is 2. The first-order chi connectivity index (χ1) is 11.3. The molecule has 0 spiro atoms. The van der Waals surface area contributed by atoms with Gasteiger partial charge in [-0.3, -0.25) is 4.98 Å². The fourth-order valence-electron chi connectivity index (χ4n) is 2.53. The van der Waals surface area contributed by atoms with E-state index in [0.29, 0.717) is 17.5 Å². The summed E-state index contributed by atoms with van der Waals surface area (Å²) in [6.45, 7) is 0. The van der Waals surface area contributed by atoms with Crippen LogP contribution in [0.2, 0.25) is 0 Å². The third-order valence-corrected chi connectivity index (χ3v) is 3.67. The average molecular weight is 295 g/mol. The highest BCUT2D eigenvalue weighted by Crippen LogP contribution is 2.26. The minimum Gasteiger partial charge on any atom is -0.256 e. The first kappa shape index (κ1) is 14.5. The fourth-order valence-corrected chi connectivity index (χ4v) is 2.53. The van der Waals surface area contributed by atoms with Crippen molar-refractivity contribution >= 4 is 0 Å². The molecule has 23 heavy (non-hydrogen) atoms. The number of nitrogens with zero attached hydrogens (tertiary/aromatic N) is 3. The van der Waals surface area contributed by atoms with Crippen molar-refractivity contribution in [2.24, 2.45) is 0 Å². The zero-order chi connectivity index (χ0) is 16.1. The summed E-state index contributed by atoms with van der Waals surface area (Å²) in [4.78, 5) is 4.48. The highest BCUT2D eigenvalue weighted by atomic mass is 14.7. The van der Waals surface area contributed by atoms with E-state index in [1.54, 1.807) is 12.3 Å². The van der Waals surface area contributed by atoms with Crippen molar-refractivity contribution in [2.45, 2.75) is 6.42 Å².